The monoisotopic (exact) mass is 543 g/mol. The second-order valence-corrected chi connectivity index (χ2v) is 8.54. The summed E-state index contributed by atoms with van der Waals surface area (Å²) in [5.74, 6) is -1.52. The third-order valence-electron chi connectivity index (χ3n) is 5.22. The summed E-state index contributed by atoms with van der Waals surface area (Å²) in [5.41, 5.74) is 0.990. The van der Waals surface area contributed by atoms with Gasteiger partial charge in [-0.1, -0.05) is 0 Å². The molecule has 2 aromatic heterocycles. The number of benzene rings is 1. The number of pyridine rings is 1. The van der Waals surface area contributed by atoms with E-state index >= 15 is 0 Å². The largest absolute Gasteiger partial charge is 0.487 e. The van der Waals surface area contributed by atoms with E-state index in [-0.39, 0.29) is 46.1 Å². The molecule has 180 valence electrons. The molecular formula is C24H20BrF2N5O3. The van der Waals surface area contributed by atoms with Gasteiger partial charge in [-0.2, -0.15) is 0 Å². The third-order valence-corrected chi connectivity index (χ3v) is 5.95. The van der Waals surface area contributed by atoms with Crippen LogP contribution in [0.3, 0.4) is 0 Å². The molecule has 1 aromatic carbocycles. The number of hydrogen-bond donors (Lipinski definition) is 0. The SMILES string of the molecule is Cc1cc(OCc2ccc(F)cc2F)c(Br)c(=O)n1Cc1cnc(C(=O)N2C=CN(C)C=C2)cn1. The zero-order valence-corrected chi connectivity index (χ0v) is 20.4. The Hall–Kier alpha value is -3.86. The molecule has 3 aromatic rings. The van der Waals surface area contributed by atoms with E-state index in [0.717, 1.165) is 12.1 Å². The van der Waals surface area contributed by atoms with Crippen LogP contribution in [0.5, 0.6) is 5.75 Å². The van der Waals surface area contributed by atoms with Crippen LogP contribution in [-0.4, -0.2) is 37.3 Å². The number of amides is 1. The fourth-order valence-electron chi connectivity index (χ4n) is 3.24. The molecule has 3 heterocycles. The summed E-state index contributed by atoms with van der Waals surface area (Å²) in [7, 11) is 1.84. The highest BCUT2D eigenvalue weighted by atomic mass is 79.9. The van der Waals surface area contributed by atoms with E-state index in [1.807, 2.05) is 7.05 Å². The van der Waals surface area contributed by atoms with E-state index in [2.05, 4.69) is 25.9 Å². The minimum Gasteiger partial charge on any atom is -0.487 e. The number of carbonyl (C=O) groups excluding carboxylic acids is 1. The van der Waals surface area contributed by atoms with Gasteiger partial charge in [0, 0.05) is 55.2 Å². The Morgan fingerprint density at radius 2 is 1.83 bits per heavy atom. The van der Waals surface area contributed by atoms with Gasteiger partial charge in [-0.3, -0.25) is 19.5 Å². The van der Waals surface area contributed by atoms with E-state index in [0.29, 0.717) is 11.4 Å². The number of aromatic nitrogens is 3. The molecule has 1 aliphatic heterocycles. The summed E-state index contributed by atoms with van der Waals surface area (Å²) < 4.78 is 34.2. The lowest BCUT2D eigenvalue weighted by Gasteiger charge is -2.20. The van der Waals surface area contributed by atoms with Gasteiger partial charge in [0.15, 0.2) is 0 Å². The number of rotatable bonds is 6. The topological polar surface area (TPSA) is 80.6 Å². The number of hydrogen-bond acceptors (Lipinski definition) is 6. The molecule has 1 amide bonds. The summed E-state index contributed by atoms with van der Waals surface area (Å²) >= 11 is 3.25. The van der Waals surface area contributed by atoms with Gasteiger partial charge in [-0.25, -0.2) is 13.8 Å². The molecule has 0 spiro atoms. The van der Waals surface area contributed by atoms with Crippen LogP contribution in [0, 0.1) is 18.6 Å². The molecule has 0 atom stereocenters. The fourth-order valence-corrected chi connectivity index (χ4v) is 3.68. The van der Waals surface area contributed by atoms with Crippen molar-refractivity contribution in [2.24, 2.45) is 0 Å². The summed E-state index contributed by atoms with van der Waals surface area (Å²) in [4.78, 5) is 37.2. The molecule has 0 unspecified atom stereocenters. The molecule has 4 rings (SSSR count). The predicted octanol–water partition coefficient (Wildman–Crippen LogP) is 3.94. The zero-order valence-electron chi connectivity index (χ0n) is 18.8. The maximum atomic E-state index is 13.9. The van der Waals surface area contributed by atoms with Crippen molar-refractivity contribution in [1.29, 1.82) is 0 Å². The van der Waals surface area contributed by atoms with Crippen LogP contribution in [0.25, 0.3) is 0 Å². The van der Waals surface area contributed by atoms with Crippen LogP contribution in [0.15, 0.2) is 70.7 Å². The molecule has 0 aliphatic carbocycles. The van der Waals surface area contributed by atoms with Crippen molar-refractivity contribution < 1.29 is 18.3 Å². The van der Waals surface area contributed by atoms with Crippen molar-refractivity contribution in [2.45, 2.75) is 20.1 Å². The van der Waals surface area contributed by atoms with Gasteiger partial charge in [0.05, 0.1) is 24.6 Å². The molecular weight excluding hydrogens is 524 g/mol. The predicted molar refractivity (Wildman–Crippen MR) is 127 cm³/mol. The Morgan fingerprint density at radius 1 is 1.09 bits per heavy atom. The Morgan fingerprint density at radius 3 is 2.49 bits per heavy atom. The Kier molecular flexibility index (Phi) is 7.06. The first-order valence-corrected chi connectivity index (χ1v) is 11.2. The standard InChI is InChI=1S/C24H20BrF2N5O3/c1-15-9-21(35-14-16-3-4-17(26)10-19(16)27)22(25)24(34)32(15)13-18-11-29-20(12-28-18)23(33)31-7-5-30(2)6-8-31/h3-12H,13-14H2,1-2H3. The minimum absolute atomic E-state index is 0.117. The maximum Gasteiger partial charge on any atom is 0.282 e. The van der Waals surface area contributed by atoms with Gasteiger partial charge in [0.1, 0.15) is 34.2 Å². The maximum absolute atomic E-state index is 13.9. The third kappa shape index (κ3) is 5.46. The molecule has 0 fully saturated rings. The lowest BCUT2D eigenvalue weighted by molar-refractivity contribution is 0.0859. The van der Waals surface area contributed by atoms with E-state index in [1.165, 1.54) is 27.9 Å². The number of ether oxygens (including phenoxy) is 1. The molecule has 0 radical (unpaired) electrons. The number of aryl methyl sites for hydroxylation is 1. The summed E-state index contributed by atoms with van der Waals surface area (Å²) in [6.45, 7) is 1.66. The van der Waals surface area contributed by atoms with Gasteiger partial charge in [0.25, 0.3) is 11.5 Å². The molecule has 8 nitrogen and oxygen atoms in total. The van der Waals surface area contributed by atoms with E-state index in [4.69, 9.17) is 4.74 Å². The molecule has 0 bridgehead atoms. The highest BCUT2D eigenvalue weighted by Gasteiger charge is 2.17. The Balaban J connectivity index is 1.48. The quantitative estimate of drug-likeness (QED) is 0.468. The number of nitrogens with zero attached hydrogens (tertiary/aromatic N) is 5. The van der Waals surface area contributed by atoms with Gasteiger partial charge in [-0.05, 0) is 35.0 Å². The molecule has 0 saturated carbocycles. The Labute approximate surface area is 207 Å². The van der Waals surface area contributed by atoms with Gasteiger partial charge >= 0.3 is 0 Å². The smallest absolute Gasteiger partial charge is 0.282 e. The zero-order chi connectivity index (χ0) is 25.1. The molecule has 1 aliphatic rings. The summed E-state index contributed by atoms with van der Waals surface area (Å²) in [5, 5.41) is 0. The highest BCUT2D eigenvalue weighted by molar-refractivity contribution is 9.10. The Bertz CT molecular complexity index is 1380. The second kappa shape index (κ2) is 10.2. The van der Waals surface area contributed by atoms with Crippen molar-refractivity contribution >= 4 is 21.8 Å². The highest BCUT2D eigenvalue weighted by Crippen LogP contribution is 2.24. The van der Waals surface area contributed by atoms with Crippen LogP contribution < -0.4 is 10.3 Å². The van der Waals surface area contributed by atoms with Crippen LogP contribution in [-0.2, 0) is 13.2 Å². The molecule has 0 saturated heterocycles. The van der Waals surface area contributed by atoms with Crippen molar-refractivity contribution in [3.63, 3.8) is 0 Å². The van der Waals surface area contributed by atoms with Crippen molar-refractivity contribution in [3.8, 4) is 5.75 Å². The van der Waals surface area contributed by atoms with Crippen LogP contribution in [0.2, 0.25) is 0 Å². The van der Waals surface area contributed by atoms with Gasteiger partial charge in [0.2, 0.25) is 0 Å². The summed E-state index contributed by atoms with van der Waals surface area (Å²) in [6, 6.07) is 4.83. The first-order chi connectivity index (χ1) is 16.7. The molecule has 35 heavy (non-hydrogen) atoms. The van der Waals surface area contributed by atoms with Crippen molar-refractivity contribution in [1.82, 2.24) is 24.3 Å². The van der Waals surface area contributed by atoms with Gasteiger partial charge < -0.3 is 14.2 Å². The van der Waals surface area contributed by atoms with Crippen molar-refractivity contribution in [3.05, 3.63) is 111 Å². The average Bonchev–Trinajstić information content (AvgIpc) is 2.84. The normalized spacial score (nSPS) is 12.8. The molecule has 11 heteroatoms. The van der Waals surface area contributed by atoms with Crippen LogP contribution in [0.4, 0.5) is 8.78 Å². The van der Waals surface area contributed by atoms with E-state index < -0.39 is 11.6 Å². The van der Waals surface area contributed by atoms with Crippen LogP contribution >= 0.6 is 15.9 Å². The second-order valence-electron chi connectivity index (χ2n) is 7.75. The van der Waals surface area contributed by atoms with Crippen LogP contribution in [0.1, 0.15) is 27.4 Å². The van der Waals surface area contributed by atoms with Crippen molar-refractivity contribution in [2.75, 3.05) is 7.05 Å². The number of halogens is 3. The first kappa shape index (κ1) is 24.3. The van der Waals surface area contributed by atoms with E-state index in [1.54, 1.807) is 42.7 Å². The fraction of sp³-hybridized carbons (Fsp3) is 0.167. The average molecular weight is 544 g/mol. The minimum atomic E-state index is -0.730. The lowest BCUT2D eigenvalue weighted by atomic mass is 10.2. The first-order valence-electron chi connectivity index (χ1n) is 10.4. The number of carbonyl (C=O) groups is 1. The lowest BCUT2D eigenvalue weighted by Crippen LogP contribution is -2.26. The van der Waals surface area contributed by atoms with Gasteiger partial charge in [-0.15, -0.1) is 0 Å². The molecule has 0 N–H and O–H groups in total. The summed E-state index contributed by atoms with van der Waals surface area (Å²) in [6.07, 6.45) is 9.51. The van der Waals surface area contributed by atoms with E-state index in [9.17, 15) is 18.4 Å².